The van der Waals surface area contributed by atoms with Crippen LogP contribution in [-0.4, -0.2) is 194 Å². The van der Waals surface area contributed by atoms with Crippen LogP contribution in [0.5, 0.6) is 0 Å². The highest BCUT2D eigenvalue weighted by Crippen LogP contribution is 2.54. The molecule has 88 heavy (non-hydrogen) atoms. The van der Waals surface area contributed by atoms with E-state index in [9.17, 15) is 61.5 Å². The van der Waals surface area contributed by atoms with Crippen molar-refractivity contribution in [2.75, 3.05) is 88.5 Å². The van der Waals surface area contributed by atoms with E-state index >= 15 is 0 Å². The molecule has 0 aromatic carbocycles. The summed E-state index contributed by atoms with van der Waals surface area (Å²) in [6, 6.07) is -1.55. The number of hydrogen-bond donors (Lipinski definition) is 8. The van der Waals surface area contributed by atoms with Crippen LogP contribution in [0.15, 0.2) is 4.99 Å². The van der Waals surface area contributed by atoms with Crippen molar-refractivity contribution in [2.24, 2.45) is 58.1 Å². The number of esters is 4. The first kappa shape index (κ1) is 90.5. The molecule has 0 fully saturated rings. The quantitative estimate of drug-likeness (QED) is 0.0157. The number of ether oxygens (including phenoxy) is 4. The number of carbonyl (C=O) groups is 8. The fraction of sp³-hybridized carbons (Fsp3) is 0.839. The van der Waals surface area contributed by atoms with Gasteiger partial charge in [-0.3, -0.25) is 61.6 Å². The molecule has 0 aliphatic carbocycles. The lowest BCUT2D eigenvalue weighted by atomic mass is 10.0. The Morgan fingerprint density at radius 1 is 0.409 bits per heavy atom. The minimum atomic E-state index is -3.45. The van der Waals surface area contributed by atoms with Crippen LogP contribution in [0.3, 0.4) is 0 Å². The van der Waals surface area contributed by atoms with E-state index in [1.807, 2.05) is 13.8 Å². The maximum Gasteiger partial charge on any atom is 0.310 e. The van der Waals surface area contributed by atoms with Gasteiger partial charge in [0, 0.05) is 99.5 Å². The number of nitrogens with zero attached hydrogens (tertiary/aromatic N) is 1. The molecule has 0 aromatic rings. The molecule has 20 unspecified atom stereocenters. The number of methoxy groups -OCH3 is 4. The second-order valence-electron chi connectivity index (χ2n) is 22.6. The molecule has 0 bridgehead atoms. The summed E-state index contributed by atoms with van der Waals surface area (Å²) in [5.41, 5.74) is 6.46. The Hall–Kier alpha value is -3.93. The number of carbonyl (C=O) groups excluding carboxylic acids is 8. The van der Waals surface area contributed by atoms with E-state index in [0.29, 0.717) is 0 Å². The van der Waals surface area contributed by atoms with Crippen LogP contribution in [0.4, 0.5) is 0 Å². The van der Waals surface area contributed by atoms with Crippen molar-refractivity contribution in [2.45, 2.75) is 172 Å². The van der Waals surface area contributed by atoms with Gasteiger partial charge in [-0.1, -0.05) is 27.7 Å². The summed E-state index contributed by atoms with van der Waals surface area (Å²) in [4.78, 5) is 109. The summed E-state index contributed by atoms with van der Waals surface area (Å²) in [6.07, 6.45) is 0.176. The smallest absolute Gasteiger partial charge is 0.310 e. The van der Waals surface area contributed by atoms with Crippen LogP contribution < -0.4 is 37.6 Å². The fourth-order valence-corrected chi connectivity index (χ4v) is 15.2. The summed E-state index contributed by atoms with van der Waals surface area (Å²) in [7, 11) is 0.0542. The summed E-state index contributed by atoms with van der Waals surface area (Å²) >= 11 is 0. The molecule has 0 saturated heterocycles. The lowest BCUT2D eigenvalue weighted by molar-refractivity contribution is -0.147. The van der Waals surface area contributed by atoms with E-state index < -0.39 is 112 Å². The Balaban J connectivity index is -0.000000535. The number of nitrogens with two attached hydrogens (primary N) is 1. The maximum absolute atomic E-state index is 12.9. The fourth-order valence-electron chi connectivity index (χ4n) is 7.59. The van der Waals surface area contributed by atoms with Crippen molar-refractivity contribution in [1.82, 2.24) is 31.9 Å². The summed E-state index contributed by atoms with van der Waals surface area (Å²) in [5.74, 6) is -8.85. The van der Waals surface area contributed by atoms with Crippen LogP contribution in [0.25, 0.3) is 0 Å². The third-order valence-corrected chi connectivity index (χ3v) is 26.8. The zero-order valence-corrected chi connectivity index (χ0v) is 61.2. The van der Waals surface area contributed by atoms with Crippen LogP contribution in [0, 0.1) is 47.3 Å². The molecule has 0 aliphatic rings. The Kier molecular flexibility index (Phi) is 45.0. The highest BCUT2D eigenvalue weighted by molar-refractivity contribution is 7.60. The molecule has 9 N–H and O–H groups in total. The molecule has 28 nitrogen and oxygen atoms in total. The Morgan fingerprint density at radius 3 is 0.864 bits per heavy atom. The van der Waals surface area contributed by atoms with E-state index in [2.05, 4.69) is 55.8 Å². The first-order valence-electron chi connectivity index (χ1n) is 29.1. The summed E-state index contributed by atoms with van der Waals surface area (Å²) < 4.78 is 84.0. The van der Waals surface area contributed by atoms with Gasteiger partial charge in [0.2, 0.25) is 53.1 Å². The molecule has 0 aliphatic heterocycles. The average molecular weight is 1340 g/mol. The van der Waals surface area contributed by atoms with E-state index in [4.69, 9.17) is 19.3 Å². The minimum absolute atomic E-state index is 0.0618. The van der Waals surface area contributed by atoms with Gasteiger partial charge in [-0.2, -0.15) is 0 Å². The van der Waals surface area contributed by atoms with Crippen LogP contribution >= 0.6 is 29.5 Å². The lowest BCUT2D eigenvalue weighted by Gasteiger charge is -2.26. The second-order valence-corrected chi connectivity index (χ2v) is 34.2. The zero-order chi connectivity index (χ0) is 70.2. The molecule has 0 heterocycles. The summed E-state index contributed by atoms with van der Waals surface area (Å²) in [6.45, 7) is 30.5. The van der Waals surface area contributed by atoms with Crippen LogP contribution in [-0.2, 0) is 89.1 Å². The van der Waals surface area contributed by atoms with Crippen molar-refractivity contribution in [3.05, 3.63) is 0 Å². The van der Waals surface area contributed by atoms with Crippen molar-refractivity contribution in [1.29, 1.82) is 0 Å². The number of aliphatic imine (C=N–C) groups is 1. The van der Waals surface area contributed by atoms with Gasteiger partial charge in [-0.15, -0.1) is 0 Å². The lowest BCUT2D eigenvalue weighted by Crippen LogP contribution is -2.43. The minimum Gasteiger partial charge on any atom is -0.469 e. The van der Waals surface area contributed by atoms with Gasteiger partial charge in [0.1, 0.15) is 5.78 Å². The van der Waals surface area contributed by atoms with Gasteiger partial charge in [0.25, 0.3) is 0 Å². The largest absolute Gasteiger partial charge is 0.469 e. The van der Waals surface area contributed by atoms with Crippen LogP contribution in [0.2, 0.25) is 0 Å². The normalized spacial score (nSPS) is 19.3. The molecule has 0 rings (SSSR count). The molecule has 32 heteroatoms. The van der Waals surface area contributed by atoms with E-state index in [1.165, 1.54) is 49.8 Å². The number of rotatable bonds is 34. The highest BCUT2D eigenvalue weighted by Gasteiger charge is 2.38. The molecule has 4 amide bonds. The van der Waals surface area contributed by atoms with Crippen molar-refractivity contribution in [3.8, 4) is 0 Å². The van der Waals surface area contributed by atoms with Gasteiger partial charge >= 0.3 is 23.9 Å². The monoisotopic (exact) mass is 1340 g/mol. The van der Waals surface area contributed by atoms with Crippen molar-refractivity contribution >= 4 is 82.7 Å². The molecule has 0 spiro atoms. The zero-order valence-electron chi connectivity index (χ0n) is 57.6. The first-order chi connectivity index (χ1) is 40.2. The standard InChI is InChI=1S/C16H31N2O5P.C14H29N2O5P.2C13H27N2O5P/c1-10(2)17-14(6)24(21,23-8)9-11(3)15(19)18-13(5)12(4)16(20)22-7;1-9(8-22(19,21-7)12(4)15-5)13(17)16-11(3)10(2)14(18)20-6;1-8(7-21(18,20-6)11(4)14)12(16)15-10(3)9(2)13(17)19-5;1-8(7-21(18,19)11(4)14-5)12(16)15-10(3)9(2)13(17)20-6/h11-14H,9H2,1-8H3,(H,18,19);9-12,15H,8H2,1-7H3,(H,16,17);8-11H,7,14H2,1-6H3,(H,15,16);8-11,14H,7H2,1-6H3,(H,15,16)(H,18,19). The van der Waals surface area contributed by atoms with Crippen molar-refractivity contribution in [3.63, 3.8) is 0 Å². The van der Waals surface area contributed by atoms with Gasteiger partial charge < -0.3 is 75.0 Å². The topological polar surface area (TPSA) is 400 Å². The molecular formula is C56H114N8O20P4. The molecule has 20 atom stereocenters. The van der Waals surface area contributed by atoms with Gasteiger partial charge in [-0.05, 0) is 111 Å². The van der Waals surface area contributed by atoms with E-state index in [0.717, 1.165) is 5.71 Å². The molecule has 0 aromatic heterocycles. The predicted octanol–water partition coefficient (Wildman–Crippen LogP) is 6.05. The average Bonchev–Trinajstić information content (AvgIpc) is 3.69. The predicted molar refractivity (Wildman–Crippen MR) is 344 cm³/mol. The highest BCUT2D eigenvalue weighted by atomic mass is 31.2. The Bertz CT molecular complexity index is 2420. The van der Waals surface area contributed by atoms with Gasteiger partial charge in [0.05, 0.1) is 69.5 Å². The number of nitrogens with one attached hydrogen (secondary N) is 6. The molecular weight excluding hydrogens is 1230 g/mol. The third kappa shape index (κ3) is 32.4. The SMILES string of the molecule is CNC(C)P(=O)(CC(C)C(=O)NC(C)C(C)C(=O)OC)OC.CNC(C)P(=O)(O)CC(C)C(=O)NC(C)C(C)C(=O)OC.COC(=O)C(C)C(C)NC(=O)C(C)CP(=O)(OC)C(C)N.COC(=O)C(C)C(C)NC(=O)C(C)CP(=O)(OC)C(C)N=C(C)C. The Morgan fingerprint density at radius 2 is 0.648 bits per heavy atom. The van der Waals surface area contributed by atoms with Gasteiger partial charge in [-0.25, -0.2) is 0 Å². The van der Waals surface area contributed by atoms with Gasteiger partial charge in [0.15, 0.2) is 0 Å². The molecule has 518 valence electrons. The third-order valence-electron chi connectivity index (χ3n) is 15.3. The number of amides is 4. The maximum atomic E-state index is 12.9. The number of hydrogen-bond acceptors (Lipinski definition) is 23. The van der Waals surface area contributed by atoms with E-state index in [1.54, 1.807) is 125 Å². The van der Waals surface area contributed by atoms with Crippen molar-refractivity contribution < 1.29 is 94.0 Å². The van der Waals surface area contributed by atoms with Crippen LogP contribution in [0.1, 0.15) is 125 Å². The second kappa shape index (κ2) is 43.8. The molecule has 0 saturated carbocycles. The van der Waals surface area contributed by atoms with E-state index in [-0.39, 0.29) is 84.1 Å². The first-order valence-corrected chi connectivity index (χ1v) is 36.7. The Labute approximate surface area is 525 Å². The molecule has 0 radical (unpaired) electrons. The summed E-state index contributed by atoms with van der Waals surface area (Å²) in [5, 5.41) is 16.6.